The van der Waals surface area contributed by atoms with Gasteiger partial charge in [-0.25, -0.2) is 9.59 Å². The lowest BCUT2D eigenvalue weighted by Gasteiger charge is -2.46. The van der Waals surface area contributed by atoms with Crippen LogP contribution < -0.4 is 16.8 Å². The third-order valence-electron chi connectivity index (χ3n) is 7.22. The summed E-state index contributed by atoms with van der Waals surface area (Å²) in [6, 6.07) is 6.29. The van der Waals surface area contributed by atoms with E-state index in [9.17, 15) is 45.3 Å². The van der Waals surface area contributed by atoms with E-state index in [4.69, 9.17) is 35.2 Å². The van der Waals surface area contributed by atoms with Gasteiger partial charge in [0.15, 0.2) is 12.6 Å². The van der Waals surface area contributed by atoms with Crippen molar-refractivity contribution in [2.75, 3.05) is 31.7 Å². The fourth-order valence-corrected chi connectivity index (χ4v) is 4.78. The number of hydrogen-bond donors (Lipinski definition) is 10. The molecule has 242 valence electrons. The number of carbonyl (C=O) groups is 2. The van der Waals surface area contributed by atoms with Gasteiger partial charge in [-0.1, -0.05) is 0 Å². The lowest BCUT2D eigenvalue weighted by Crippen LogP contribution is -2.66. The maximum Gasteiger partial charge on any atom is 0.342 e. The molecule has 0 spiro atoms. The molecule has 2 aromatic carbocycles. The minimum absolute atomic E-state index is 0.166. The molecule has 2 saturated heterocycles. The number of anilines is 2. The van der Waals surface area contributed by atoms with E-state index >= 15 is 0 Å². The number of nitrogens with one attached hydrogen (secondary N) is 1. The van der Waals surface area contributed by atoms with Gasteiger partial charge in [-0.3, -0.25) is 0 Å². The zero-order valence-electron chi connectivity index (χ0n) is 23.3. The van der Waals surface area contributed by atoms with Gasteiger partial charge in [0.2, 0.25) is 0 Å². The maximum atomic E-state index is 12.6. The van der Waals surface area contributed by atoms with Crippen molar-refractivity contribution in [3.63, 3.8) is 0 Å². The first-order valence-corrected chi connectivity index (χ1v) is 13.4. The van der Waals surface area contributed by atoms with Crippen molar-refractivity contribution < 1.29 is 69.0 Å². The number of phenolic OH excluding ortho intramolecular Hbond substituents is 2. The highest BCUT2D eigenvalue weighted by atomic mass is 16.7. The van der Waals surface area contributed by atoms with Gasteiger partial charge in [-0.15, -0.1) is 0 Å². The molecule has 2 aromatic rings. The zero-order valence-corrected chi connectivity index (χ0v) is 23.3. The second kappa shape index (κ2) is 13.9. The van der Waals surface area contributed by atoms with E-state index in [0.29, 0.717) is 0 Å². The van der Waals surface area contributed by atoms with Crippen LogP contribution in [0.2, 0.25) is 0 Å². The quantitative estimate of drug-likeness (QED) is 0.0761. The Morgan fingerprint density at radius 2 is 1.30 bits per heavy atom. The van der Waals surface area contributed by atoms with Gasteiger partial charge in [0.05, 0.1) is 6.04 Å². The molecule has 2 heterocycles. The van der Waals surface area contributed by atoms with Crippen molar-refractivity contribution in [1.82, 2.24) is 5.32 Å². The molecule has 12 N–H and O–H groups in total. The van der Waals surface area contributed by atoms with Gasteiger partial charge in [-0.05, 0) is 43.4 Å². The number of aromatic hydroxyl groups is 2. The molecular weight excluding hydrogens is 590 g/mol. The molecule has 17 heteroatoms. The highest BCUT2D eigenvalue weighted by molar-refractivity contribution is 5.94. The minimum atomic E-state index is -1.89. The smallest absolute Gasteiger partial charge is 0.342 e. The van der Waals surface area contributed by atoms with E-state index in [2.05, 4.69) is 5.32 Å². The molecule has 2 aliphatic rings. The third-order valence-corrected chi connectivity index (χ3v) is 7.22. The van der Waals surface area contributed by atoms with E-state index in [1.54, 1.807) is 0 Å². The van der Waals surface area contributed by atoms with Gasteiger partial charge in [0.25, 0.3) is 0 Å². The largest absolute Gasteiger partial charge is 0.507 e. The molecule has 0 bridgehead atoms. The average molecular weight is 626 g/mol. The number of hydrogen-bond acceptors (Lipinski definition) is 17. The van der Waals surface area contributed by atoms with Crippen molar-refractivity contribution in [3.8, 4) is 11.5 Å². The molecule has 44 heavy (non-hydrogen) atoms. The Labute approximate surface area is 250 Å². The number of phenols is 2. The van der Waals surface area contributed by atoms with Crippen LogP contribution in [0, 0.1) is 0 Å². The highest BCUT2D eigenvalue weighted by Crippen LogP contribution is 2.30. The van der Waals surface area contributed by atoms with Gasteiger partial charge < -0.3 is 76.2 Å². The Balaban J connectivity index is 1.48. The fraction of sp³-hybridized carbons (Fsp3) is 0.481. The van der Waals surface area contributed by atoms with Crippen LogP contribution in [0.3, 0.4) is 0 Å². The summed E-state index contributed by atoms with van der Waals surface area (Å²) in [6.45, 7) is -1.31. The fourth-order valence-electron chi connectivity index (χ4n) is 4.78. The predicted octanol–water partition coefficient (Wildman–Crippen LogP) is -2.87. The summed E-state index contributed by atoms with van der Waals surface area (Å²) in [5.41, 5.74) is 11.1. The van der Waals surface area contributed by atoms with Crippen LogP contribution in [-0.4, -0.2) is 129 Å². The van der Waals surface area contributed by atoms with Crippen molar-refractivity contribution in [1.29, 1.82) is 0 Å². The molecule has 0 saturated carbocycles. The summed E-state index contributed by atoms with van der Waals surface area (Å²) in [4.78, 5) is 25.1. The Morgan fingerprint density at radius 3 is 1.82 bits per heavy atom. The van der Waals surface area contributed by atoms with Crippen LogP contribution in [0.15, 0.2) is 36.4 Å². The molecule has 4 unspecified atom stereocenters. The van der Waals surface area contributed by atoms with Crippen LogP contribution in [0.1, 0.15) is 20.7 Å². The first-order chi connectivity index (χ1) is 20.8. The van der Waals surface area contributed by atoms with Gasteiger partial charge in [0.1, 0.15) is 78.6 Å². The first-order valence-electron chi connectivity index (χ1n) is 13.4. The highest BCUT2D eigenvalue weighted by Gasteiger charge is 2.51. The molecule has 2 fully saturated rings. The molecule has 2 aliphatic heterocycles. The minimum Gasteiger partial charge on any atom is -0.507 e. The summed E-state index contributed by atoms with van der Waals surface area (Å²) in [7, 11) is 1.41. The number of esters is 2. The number of carbonyl (C=O) groups excluding carboxylic acids is 2. The van der Waals surface area contributed by atoms with Crippen molar-refractivity contribution in [3.05, 3.63) is 47.5 Å². The van der Waals surface area contributed by atoms with Gasteiger partial charge in [-0.2, -0.15) is 0 Å². The second-order valence-electron chi connectivity index (χ2n) is 10.2. The van der Waals surface area contributed by atoms with E-state index < -0.39 is 98.0 Å². The van der Waals surface area contributed by atoms with Crippen molar-refractivity contribution in [2.24, 2.45) is 0 Å². The lowest BCUT2D eigenvalue weighted by molar-refractivity contribution is -0.345. The number of nitrogen functional groups attached to an aromatic ring is 2. The van der Waals surface area contributed by atoms with E-state index in [1.165, 1.54) is 43.4 Å². The summed E-state index contributed by atoms with van der Waals surface area (Å²) in [6.07, 6.45) is -14.9. The molecule has 17 nitrogen and oxygen atoms in total. The van der Waals surface area contributed by atoms with E-state index in [-0.39, 0.29) is 22.5 Å². The molecular formula is C27H35N3O14. The maximum absolute atomic E-state index is 12.6. The normalized spacial score (nSPS) is 32.1. The number of aliphatic hydroxyl groups excluding tert-OH is 5. The summed E-state index contributed by atoms with van der Waals surface area (Å²) in [5.74, 6) is -2.88. The number of benzene rings is 2. The van der Waals surface area contributed by atoms with Crippen LogP contribution in [0.5, 0.6) is 11.5 Å². The number of nitrogens with two attached hydrogens (primary N) is 2. The van der Waals surface area contributed by atoms with Gasteiger partial charge in [0, 0.05) is 11.4 Å². The average Bonchev–Trinajstić information content (AvgIpc) is 2.99. The van der Waals surface area contributed by atoms with Crippen LogP contribution in [-0.2, 0) is 23.7 Å². The Kier molecular flexibility index (Phi) is 10.5. The van der Waals surface area contributed by atoms with Crippen molar-refractivity contribution in [2.45, 2.75) is 61.3 Å². The van der Waals surface area contributed by atoms with Crippen LogP contribution in [0.25, 0.3) is 0 Å². The molecule has 0 amide bonds. The molecule has 0 radical (unpaired) electrons. The number of likely N-dealkylation sites (N-methyl/N-ethyl adjacent to an activating group) is 1. The third kappa shape index (κ3) is 7.12. The number of aliphatic hydroxyl groups is 5. The Morgan fingerprint density at radius 1 is 0.773 bits per heavy atom. The first kappa shape index (κ1) is 33.1. The Bertz CT molecular complexity index is 1330. The molecule has 10 atom stereocenters. The summed E-state index contributed by atoms with van der Waals surface area (Å²) >= 11 is 0. The number of ether oxygens (including phenoxy) is 5. The van der Waals surface area contributed by atoms with E-state index in [1.807, 2.05) is 0 Å². The summed E-state index contributed by atoms with van der Waals surface area (Å²) in [5, 5.41) is 75.6. The standard InChI is InChI=1S/C27H35N3O14/c1-30-18-20(34)23(17(42-26(18)39)9-41-25(38)13-7-11(29)3-5-15(13)32)44-27-22(36)21(35)19(33)16(43-27)8-40-24(37)12-6-10(28)2-4-14(12)31/h2-7,16-23,26-27,30-36,39H,8-9,28-29H2,1H3/t16?,17?,18?,19-,20+,21-,22?,23+,26-,27+/m1/s1. The molecule has 0 aromatic heterocycles. The predicted molar refractivity (Wildman–Crippen MR) is 147 cm³/mol. The lowest BCUT2D eigenvalue weighted by atomic mass is 9.95. The second-order valence-corrected chi connectivity index (χ2v) is 10.2. The zero-order chi connectivity index (χ0) is 32.3. The summed E-state index contributed by atoms with van der Waals surface area (Å²) < 4.78 is 27.2. The van der Waals surface area contributed by atoms with E-state index in [0.717, 1.165) is 0 Å². The van der Waals surface area contributed by atoms with Crippen molar-refractivity contribution >= 4 is 23.3 Å². The van der Waals surface area contributed by atoms with Gasteiger partial charge >= 0.3 is 11.9 Å². The monoisotopic (exact) mass is 625 g/mol. The Hall–Kier alpha value is -3.78. The molecule has 0 aliphatic carbocycles. The van der Waals surface area contributed by atoms with Crippen LogP contribution in [0.4, 0.5) is 11.4 Å². The van der Waals surface area contributed by atoms with Crippen LogP contribution >= 0.6 is 0 Å². The SMILES string of the molecule is CNC1[C@H](O)OC(COC(=O)c2cc(N)ccc2O)[C@H](O[C@@H]2OC(COC(=O)c3cc(N)ccc3O)[C@@H](O)[C@@H](O)C2O)[C@H]1O. The molecule has 4 rings (SSSR count). The number of rotatable bonds is 9. The topological polar surface area (TPSA) is 286 Å².